The van der Waals surface area contributed by atoms with E-state index in [1.807, 2.05) is 0 Å². The Balaban J connectivity index is 1.73. The fourth-order valence-corrected chi connectivity index (χ4v) is 2.49. The molecule has 0 aliphatic carbocycles. The lowest BCUT2D eigenvalue weighted by molar-refractivity contribution is 0.0953. The van der Waals surface area contributed by atoms with Crippen LogP contribution >= 0.6 is 27.5 Å². The number of aromatic nitrogens is 1. The molecule has 6 heteroatoms. The van der Waals surface area contributed by atoms with Crippen molar-refractivity contribution in [3.63, 3.8) is 0 Å². The summed E-state index contributed by atoms with van der Waals surface area (Å²) in [4.78, 5) is 23.5. The zero-order valence-electron chi connectivity index (χ0n) is 11.9. The van der Waals surface area contributed by atoms with Crippen molar-refractivity contribution >= 4 is 33.4 Å². The summed E-state index contributed by atoms with van der Waals surface area (Å²) in [7, 11) is 0. The van der Waals surface area contributed by atoms with Gasteiger partial charge in [0.2, 0.25) is 0 Å². The van der Waals surface area contributed by atoms with Crippen molar-refractivity contribution < 1.29 is 4.79 Å². The van der Waals surface area contributed by atoms with Gasteiger partial charge in [-0.3, -0.25) is 9.59 Å². The lowest BCUT2D eigenvalue weighted by Crippen LogP contribution is -2.25. The van der Waals surface area contributed by atoms with Crippen LogP contribution in [0.5, 0.6) is 0 Å². The Morgan fingerprint density at radius 1 is 1.14 bits per heavy atom. The van der Waals surface area contributed by atoms with Gasteiger partial charge in [-0.2, -0.15) is 0 Å². The van der Waals surface area contributed by atoms with Gasteiger partial charge in [0.05, 0.1) is 0 Å². The van der Waals surface area contributed by atoms with Crippen molar-refractivity contribution in [3.05, 3.63) is 68.0 Å². The summed E-state index contributed by atoms with van der Waals surface area (Å²) in [5, 5.41) is 3.46. The number of amides is 1. The normalized spacial score (nSPS) is 10.5. The number of nitrogens with one attached hydrogen (secondary N) is 1. The molecule has 4 nitrogen and oxygen atoms in total. The van der Waals surface area contributed by atoms with Crippen LogP contribution in [0.2, 0.25) is 5.02 Å². The van der Waals surface area contributed by atoms with Gasteiger partial charge in [-0.1, -0.05) is 11.6 Å². The van der Waals surface area contributed by atoms with Gasteiger partial charge in [0.15, 0.2) is 0 Å². The minimum atomic E-state index is -0.115. The lowest BCUT2D eigenvalue weighted by atomic mass is 10.2. The number of hydrogen-bond acceptors (Lipinski definition) is 2. The molecule has 0 aliphatic rings. The number of hydrogen-bond donors (Lipinski definition) is 1. The van der Waals surface area contributed by atoms with E-state index in [0.29, 0.717) is 23.7 Å². The predicted octanol–water partition coefficient (Wildman–Crippen LogP) is 3.47. The highest BCUT2D eigenvalue weighted by Gasteiger charge is 2.04. The van der Waals surface area contributed by atoms with E-state index in [1.165, 1.54) is 6.07 Å². The number of carbonyl (C=O) groups is 1. The van der Waals surface area contributed by atoms with Gasteiger partial charge >= 0.3 is 0 Å². The third kappa shape index (κ3) is 5.00. The number of carbonyl (C=O) groups excluding carboxylic acids is 1. The standard InChI is InChI=1S/C16H16BrClN2O2/c17-13-5-8-15(21)20(11-13)10-2-1-9-19-16(22)12-3-6-14(18)7-4-12/h3-8,11H,1-2,9-10H2,(H,19,22). The zero-order valence-corrected chi connectivity index (χ0v) is 14.2. The number of pyridine rings is 1. The summed E-state index contributed by atoms with van der Waals surface area (Å²) in [5.74, 6) is -0.115. The summed E-state index contributed by atoms with van der Waals surface area (Å²) < 4.78 is 2.54. The van der Waals surface area contributed by atoms with Gasteiger partial charge in [0.1, 0.15) is 0 Å². The van der Waals surface area contributed by atoms with Crippen molar-refractivity contribution in [2.75, 3.05) is 6.54 Å². The van der Waals surface area contributed by atoms with Gasteiger partial charge in [-0.25, -0.2) is 0 Å². The highest BCUT2D eigenvalue weighted by atomic mass is 79.9. The average molecular weight is 384 g/mol. The Hall–Kier alpha value is -1.59. The van der Waals surface area contributed by atoms with Crippen LogP contribution in [0, 0.1) is 0 Å². The Morgan fingerprint density at radius 3 is 2.59 bits per heavy atom. The van der Waals surface area contributed by atoms with Crippen LogP contribution in [0.25, 0.3) is 0 Å². The molecule has 0 unspecified atom stereocenters. The second-order valence-electron chi connectivity index (χ2n) is 4.85. The Bertz CT molecular complexity index is 698. The maximum atomic E-state index is 11.9. The molecule has 0 radical (unpaired) electrons. The van der Waals surface area contributed by atoms with Crippen LogP contribution in [0.3, 0.4) is 0 Å². The SMILES string of the molecule is O=C(NCCCCn1cc(Br)ccc1=O)c1ccc(Cl)cc1. The highest BCUT2D eigenvalue weighted by Crippen LogP contribution is 2.09. The molecule has 0 fully saturated rings. The average Bonchev–Trinajstić information content (AvgIpc) is 2.50. The number of halogens is 2. The zero-order chi connectivity index (χ0) is 15.9. The third-order valence-electron chi connectivity index (χ3n) is 3.17. The minimum Gasteiger partial charge on any atom is -0.352 e. The van der Waals surface area contributed by atoms with Crippen LogP contribution in [-0.4, -0.2) is 17.0 Å². The van der Waals surface area contributed by atoms with E-state index < -0.39 is 0 Å². The van der Waals surface area contributed by atoms with Gasteiger partial charge in [-0.15, -0.1) is 0 Å². The quantitative estimate of drug-likeness (QED) is 0.777. The number of nitrogens with zero attached hydrogens (tertiary/aromatic N) is 1. The van der Waals surface area contributed by atoms with Gasteiger partial charge in [0, 0.05) is 40.4 Å². The molecular weight excluding hydrogens is 368 g/mol. The molecule has 1 N–H and O–H groups in total. The molecule has 0 bridgehead atoms. The first-order chi connectivity index (χ1) is 10.6. The third-order valence-corrected chi connectivity index (χ3v) is 3.89. The number of aryl methyl sites for hydroxylation is 1. The summed E-state index contributed by atoms with van der Waals surface area (Å²) in [5.41, 5.74) is 0.570. The van der Waals surface area contributed by atoms with E-state index in [4.69, 9.17) is 11.6 Å². The molecule has 1 amide bonds. The van der Waals surface area contributed by atoms with Gasteiger partial charge in [0.25, 0.3) is 11.5 Å². The summed E-state index contributed by atoms with van der Waals surface area (Å²) >= 11 is 9.12. The second-order valence-corrected chi connectivity index (χ2v) is 6.20. The summed E-state index contributed by atoms with van der Waals surface area (Å²) in [6.07, 6.45) is 3.39. The second kappa shape index (κ2) is 8.15. The number of rotatable bonds is 6. The molecule has 1 heterocycles. The van der Waals surface area contributed by atoms with E-state index in [9.17, 15) is 9.59 Å². The predicted molar refractivity (Wildman–Crippen MR) is 91.4 cm³/mol. The van der Waals surface area contributed by atoms with Crippen molar-refractivity contribution in [2.45, 2.75) is 19.4 Å². The fourth-order valence-electron chi connectivity index (χ4n) is 1.99. The van der Waals surface area contributed by atoms with E-state index >= 15 is 0 Å². The van der Waals surface area contributed by atoms with E-state index in [1.54, 1.807) is 41.1 Å². The van der Waals surface area contributed by atoms with Crippen LogP contribution in [0.4, 0.5) is 0 Å². The van der Waals surface area contributed by atoms with Crippen molar-refractivity contribution in [1.29, 1.82) is 0 Å². The molecule has 116 valence electrons. The van der Waals surface area contributed by atoms with Crippen molar-refractivity contribution in [2.24, 2.45) is 0 Å². The monoisotopic (exact) mass is 382 g/mol. The molecule has 22 heavy (non-hydrogen) atoms. The van der Waals surface area contributed by atoms with Crippen molar-refractivity contribution in [1.82, 2.24) is 9.88 Å². The van der Waals surface area contributed by atoms with Crippen LogP contribution in [0.1, 0.15) is 23.2 Å². The maximum absolute atomic E-state index is 11.9. The van der Waals surface area contributed by atoms with E-state index in [2.05, 4.69) is 21.2 Å². The molecule has 0 saturated heterocycles. The number of benzene rings is 1. The van der Waals surface area contributed by atoms with E-state index in [-0.39, 0.29) is 11.5 Å². The Labute approximate surface area is 142 Å². The summed E-state index contributed by atoms with van der Waals surface area (Å²) in [6.45, 7) is 1.21. The first kappa shape index (κ1) is 16.8. The topological polar surface area (TPSA) is 51.1 Å². The lowest BCUT2D eigenvalue weighted by Gasteiger charge is -2.07. The molecule has 1 aromatic heterocycles. The first-order valence-electron chi connectivity index (χ1n) is 6.96. The van der Waals surface area contributed by atoms with Crippen LogP contribution < -0.4 is 10.9 Å². The first-order valence-corrected chi connectivity index (χ1v) is 8.13. The molecule has 1 aromatic carbocycles. The largest absolute Gasteiger partial charge is 0.352 e. The molecule has 0 spiro atoms. The van der Waals surface area contributed by atoms with Gasteiger partial charge in [-0.05, 0) is 59.1 Å². The maximum Gasteiger partial charge on any atom is 0.251 e. The highest BCUT2D eigenvalue weighted by molar-refractivity contribution is 9.10. The molecule has 0 aliphatic heterocycles. The molecule has 2 aromatic rings. The smallest absolute Gasteiger partial charge is 0.251 e. The molecule has 2 rings (SSSR count). The minimum absolute atomic E-state index is 0.0200. The van der Waals surface area contributed by atoms with Crippen LogP contribution in [-0.2, 0) is 6.54 Å². The van der Waals surface area contributed by atoms with Gasteiger partial charge < -0.3 is 9.88 Å². The summed E-state index contributed by atoms with van der Waals surface area (Å²) in [6, 6.07) is 10.0. The van der Waals surface area contributed by atoms with Crippen molar-refractivity contribution in [3.8, 4) is 0 Å². The van der Waals surface area contributed by atoms with Crippen LogP contribution in [0.15, 0.2) is 51.9 Å². The molecular formula is C16H16BrClN2O2. The molecule has 0 saturated carbocycles. The molecule has 0 atom stereocenters. The van der Waals surface area contributed by atoms with E-state index in [0.717, 1.165) is 17.3 Å². The Morgan fingerprint density at radius 2 is 1.86 bits per heavy atom. The Kier molecular flexibility index (Phi) is 6.21. The number of unbranched alkanes of at least 4 members (excludes halogenated alkanes) is 1. The fraction of sp³-hybridized carbons (Fsp3) is 0.250.